The van der Waals surface area contributed by atoms with Gasteiger partial charge >= 0.3 is 0 Å². The van der Waals surface area contributed by atoms with Gasteiger partial charge in [0.1, 0.15) is 11.2 Å². The first-order valence-electron chi connectivity index (χ1n) is 18.5. The molecule has 55 heavy (non-hydrogen) atoms. The van der Waals surface area contributed by atoms with Crippen LogP contribution in [0.5, 0.6) is 0 Å². The summed E-state index contributed by atoms with van der Waals surface area (Å²) in [6, 6.07) is 65.5. The van der Waals surface area contributed by atoms with Crippen molar-refractivity contribution < 1.29 is 4.42 Å². The zero-order valence-corrected chi connectivity index (χ0v) is 29.6. The van der Waals surface area contributed by atoms with Crippen LogP contribution in [0.2, 0.25) is 0 Å². The van der Waals surface area contributed by atoms with Crippen molar-refractivity contribution in [3.05, 3.63) is 188 Å². The highest BCUT2D eigenvalue weighted by atomic mass is 16.3. The zero-order valence-electron chi connectivity index (χ0n) is 29.6. The number of hydrogen-bond donors (Lipinski definition) is 0. The van der Waals surface area contributed by atoms with Crippen LogP contribution in [0.25, 0.3) is 111 Å². The standard InChI is InChI=1S/C51H31N3O/c1-3-13-35(14-4-1)50-41-31-45-48(40-19-9-12-22-44(40)55-45)46(47(41)38-17-7-10-20-42(38)52-50)34-27-23-32(24-28-34)33-25-29-36(30-26-33)49-39-18-8-11-21-43(39)53-51(54-49)37-15-5-2-6-16-37/h1-31H. The van der Waals surface area contributed by atoms with Crippen molar-refractivity contribution in [3.63, 3.8) is 0 Å². The minimum absolute atomic E-state index is 0.723. The largest absolute Gasteiger partial charge is 0.456 e. The van der Waals surface area contributed by atoms with E-state index in [-0.39, 0.29) is 0 Å². The number of hydrogen-bond acceptors (Lipinski definition) is 4. The molecule has 0 bridgehead atoms. The molecular weight excluding hydrogens is 671 g/mol. The molecule has 0 unspecified atom stereocenters. The van der Waals surface area contributed by atoms with E-state index in [1.54, 1.807) is 0 Å². The maximum atomic E-state index is 6.59. The summed E-state index contributed by atoms with van der Waals surface area (Å²) < 4.78 is 6.59. The molecule has 4 heteroatoms. The molecule has 8 aromatic carbocycles. The van der Waals surface area contributed by atoms with Crippen molar-refractivity contribution in [2.45, 2.75) is 0 Å². The molecule has 0 saturated heterocycles. The number of nitrogens with zero attached hydrogens (tertiary/aromatic N) is 3. The molecule has 0 radical (unpaired) electrons. The Morgan fingerprint density at radius 1 is 0.309 bits per heavy atom. The van der Waals surface area contributed by atoms with Gasteiger partial charge in [0, 0.05) is 54.6 Å². The first-order chi connectivity index (χ1) is 27.3. The van der Waals surface area contributed by atoms with Gasteiger partial charge < -0.3 is 4.42 Å². The second-order valence-electron chi connectivity index (χ2n) is 13.9. The van der Waals surface area contributed by atoms with E-state index < -0.39 is 0 Å². The van der Waals surface area contributed by atoms with Crippen molar-refractivity contribution in [1.29, 1.82) is 0 Å². The Bertz CT molecular complexity index is 3220. The molecular formula is C51H31N3O. The monoisotopic (exact) mass is 701 g/mol. The molecule has 3 heterocycles. The third-order valence-corrected chi connectivity index (χ3v) is 10.7. The number of benzene rings is 8. The Labute approximate surface area is 317 Å². The van der Waals surface area contributed by atoms with Crippen LogP contribution < -0.4 is 0 Å². The summed E-state index contributed by atoms with van der Waals surface area (Å²) in [7, 11) is 0. The summed E-state index contributed by atoms with van der Waals surface area (Å²) in [4.78, 5) is 15.2. The lowest BCUT2D eigenvalue weighted by Gasteiger charge is -2.16. The predicted molar refractivity (Wildman–Crippen MR) is 227 cm³/mol. The summed E-state index contributed by atoms with van der Waals surface area (Å²) in [6.07, 6.45) is 0. The lowest BCUT2D eigenvalue weighted by molar-refractivity contribution is 0.669. The van der Waals surface area contributed by atoms with E-state index >= 15 is 0 Å². The van der Waals surface area contributed by atoms with E-state index in [4.69, 9.17) is 19.4 Å². The molecule has 0 spiro atoms. The van der Waals surface area contributed by atoms with Crippen LogP contribution in [0.1, 0.15) is 0 Å². The first-order valence-corrected chi connectivity index (χ1v) is 18.5. The molecule has 0 amide bonds. The third-order valence-electron chi connectivity index (χ3n) is 10.7. The van der Waals surface area contributed by atoms with E-state index in [1.807, 2.05) is 42.5 Å². The molecule has 0 atom stereocenters. The van der Waals surface area contributed by atoms with E-state index in [2.05, 4.69) is 146 Å². The molecule has 0 saturated carbocycles. The van der Waals surface area contributed by atoms with Crippen LogP contribution in [-0.4, -0.2) is 15.0 Å². The molecule has 256 valence electrons. The highest BCUT2D eigenvalue weighted by molar-refractivity contribution is 6.27. The van der Waals surface area contributed by atoms with Gasteiger partial charge in [-0.15, -0.1) is 0 Å². The van der Waals surface area contributed by atoms with Crippen LogP contribution in [0.15, 0.2) is 192 Å². The van der Waals surface area contributed by atoms with Crippen LogP contribution in [0.4, 0.5) is 0 Å². The summed E-state index contributed by atoms with van der Waals surface area (Å²) in [5, 5.41) is 6.61. The average Bonchev–Trinajstić information content (AvgIpc) is 3.64. The topological polar surface area (TPSA) is 51.8 Å². The van der Waals surface area contributed by atoms with Gasteiger partial charge in [-0.05, 0) is 41.0 Å². The number of rotatable bonds is 5. The fourth-order valence-electron chi connectivity index (χ4n) is 8.08. The second kappa shape index (κ2) is 12.6. The van der Waals surface area contributed by atoms with E-state index in [1.165, 1.54) is 5.39 Å². The van der Waals surface area contributed by atoms with Gasteiger partial charge in [-0.2, -0.15) is 0 Å². The van der Waals surface area contributed by atoms with Gasteiger partial charge in [-0.1, -0.05) is 164 Å². The molecule has 0 aliphatic rings. The zero-order chi connectivity index (χ0) is 36.3. The van der Waals surface area contributed by atoms with Crippen LogP contribution in [-0.2, 0) is 0 Å². The highest BCUT2D eigenvalue weighted by Gasteiger charge is 2.21. The highest BCUT2D eigenvalue weighted by Crippen LogP contribution is 2.46. The molecule has 11 rings (SSSR count). The Hall–Kier alpha value is -7.43. The Kier molecular flexibility index (Phi) is 7.14. The van der Waals surface area contributed by atoms with E-state index in [0.717, 1.165) is 105 Å². The van der Waals surface area contributed by atoms with Crippen molar-refractivity contribution in [1.82, 2.24) is 15.0 Å². The molecule has 11 aromatic rings. The molecule has 3 aromatic heterocycles. The summed E-state index contributed by atoms with van der Waals surface area (Å²) >= 11 is 0. The van der Waals surface area contributed by atoms with Gasteiger partial charge in [0.25, 0.3) is 0 Å². The fourth-order valence-corrected chi connectivity index (χ4v) is 8.08. The Morgan fingerprint density at radius 2 is 0.818 bits per heavy atom. The molecule has 0 N–H and O–H groups in total. The Morgan fingerprint density at radius 3 is 1.53 bits per heavy atom. The number of pyridine rings is 1. The minimum Gasteiger partial charge on any atom is -0.456 e. The summed E-state index contributed by atoms with van der Waals surface area (Å²) in [6.45, 7) is 0. The lowest BCUT2D eigenvalue weighted by Crippen LogP contribution is -1.95. The molecule has 4 nitrogen and oxygen atoms in total. The van der Waals surface area contributed by atoms with E-state index in [9.17, 15) is 0 Å². The van der Waals surface area contributed by atoms with Crippen LogP contribution in [0.3, 0.4) is 0 Å². The van der Waals surface area contributed by atoms with Crippen molar-refractivity contribution >= 4 is 54.5 Å². The van der Waals surface area contributed by atoms with Crippen LogP contribution >= 0.6 is 0 Å². The maximum Gasteiger partial charge on any atom is 0.160 e. The van der Waals surface area contributed by atoms with Crippen molar-refractivity contribution in [2.24, 2.45) is 0 Å². The number of para-hydroxylation sites is 3. The number of furan rings is 1. The number of aromatic nitrogens is 3. The van der Waals surface area contributed by atoms with Crippen LogP contribution in [0, 0.1) is 0 Å². The Balaban J connectivity index is 1.07. The third kappa shape index (κ3) is 5.19. The fraction of sp³-hybridized carbons (Fsp3) is 0. The smallest absolute Gasteiger partial charge is 0.160 e. The van der Waals surface area contributed by atoms with Gasteiger partial charge in [-0.25, -0.2) is 15.0 Å². The first kappa shape index (κ1) is 31.1. The lowest BCUT2D eigenvalue weighted by atomic mass is 9.89. The van der Waals surface area contributed by atoms with Gasteiger partial charge in [0.15, 0.2) is 5.82 Å². The van der Waals surface area contributed by atoms with Gasteiger partial charge in [0.05, 0.1) is 22.4 Å². The van der Waals surface area contributed by atoms with Gasteiger partial charge in [0.2, 0.25) is 0 Å². The predicted octanol–water partition coefficient (Wildman–Crippen LogP) is 13.6. The van der Waals surface area contributed by atoms with E-state index in [0.29, 0.717) is 0 Å². The molecule has 0 aliphatic heterocycles. The molecule has 0 fully saturated rings. The minimum atomic E-state index is 0.723. The van der Waals surface area contributed by atoms with Crippen molar-refractivity contribution in [2.75, 3.05) is 0 Å². The second-order valence-corrected chi connectivity index (χ2v) is 13.9. The SMILES string of the molecule is c1ccc(-c2nc(-c3ccc(-c4ccc(-c5c6c(cc7c(-c8ccccc8)nc8ccccc8c57)oc5ccccc56)cc4)cc3)c3ccccc3n2)cc1. The summed E-state index contributed by atoms with van der Waals surface area (Å²) in [5.41, 5.74) is 13.2. The quantitative estimate of drug-likeness (QED) is 0.168. The normalized spacial score (nSPS) is 11.6. The maximum absolute atomic E-state index is 6.59. The van der Waals surface area contributed by atoms with Crippen molar-refractivity contribution in [3.8, 4) is 56.2 Å². The van der Waals surface area contributed by atoms with Gasteiger partial charge in [-0.3, -0.25) is 0 Å². The molecule has 0 aliphatic carbocycles. The average molecular weight is 702 g/mol. The number of fused-ring (bicyclic) bond motifs is 7. The summed E-state index contributed by atoms with van der Waals surface area (Å²) in [5.74, 6) is 0.723.